The summed E-state index contributed by atoms with van der Waals surface area (Å²) in [6.45, 7) is 3.43. The van der Waals surface area contributed by atoms with E-state index in [4.69, 9.17) is 4.74 Å². The van der Waals surface area contributed by atoms with Gasteiger partial charge in [0.15, 0.2) is 0 Å². The van der Waals surface area contributed by atoms with E-state index < -0.39 is 0 Å². The second-order valence-electron chi connectivity index (χ2n) is 4.60. The molecule has 0 aliphatic carbocycles. The Balaban J connectivity index is 1.72. The molecule has 0 saturated carbocycles. The third kappa shape index (κ3) is 3.58. The summed E-state index contributed by atoms with van der Waals surface area (Å²) in [6.07, 6.45) is 2.38. The second kappa shape index (κ2) is 6.56. The number of carbonyl (C=O) groups is 1. The molecule has 0 radical (unpaired) electrons. The fraction of sp³-hybridized carbons (Fsp3) is 0.615. The minimum absolute atomic E-state index is 0.332. The van der Waals surface area contributed by atoms with Crippen LogP contribution in [0.2, 0.25) is 0 Å². The monoisotopic (exact) mass is 252 g/mol. The molecule has 1 aromatic heterocycles. The van der Waals surface area contributed by atoms with E-state index in [1.165, 1.54) is 13.5 Å². The largest absolute Gasteiger partial charge is 0.464 e. The van der Waals surface area contributed by atoms with Crippen molar-refractivity contribution in [2.24, 2.45) is 5.92 Å². The van der Waals surface area contributed by atoms with Gasteiger partial charge in [-0.05, 0) is 30.9 Å². The number of hydrogen-bond acceptors (Lipinski definition) is 4. The number of H-pyrrole nitrogens is 1. The van der Waals surface area contributed by atoms with Crippen LogP contribution < -0.4 is 5.32 Å². The van der Waals surface area contributed by atoms with Crippen LogP contribution in [0.15, 0.2) is 12.1 Å². The highest BCUT2D eigenvalue weighted by molar-refractivity contribution is 5.87. The summed E-state index contributed by atoms with van der Waals surface area (Å²) < 4.78 is 10.1. The SMILES string of the molecule is COC(=O)c1ccc(CNCC2CCCOC2)[nH]1. The summed E-state index contributed by atoms with van der Waals surface area (Å²) in [5, 5.41) is 3.38. The van der Waals surface area contributed by atoms with Crippen LogP contribution in [-0.2, 0) is 16.0 Å². The van der Waals surface area contributed by atoms with Gasteiger partial charge in [0, 0.05) is 25.4 Å². The van der Waals surface area contributed by atoms with Gasteiger partial charge in [-0.3, -0.25) is 0 Å². The number of aromatic amines is 1. The second-order valence-corrected chi connectivity index (χ2v) is 4.60. The predicted molar refractivity (Wildman–Crippen MR) is 67.4 cm³/mol. The highest BCUT2D eigenvalue weighted by atomic mass is 16.5. The van der Waals surface area contributed by atoms with Gasteiger partial charge in [-0.2, -0.15) is 0 Å². The summed E-state index contributed by atoms with van der Waals surface area (Å²) in [5.41, 5.74) is 1.49. The van der Waals surface area contributed by atoms with Crippen LogP contribution in [0.4, 0.5) is 0 Å². The number of hydrogen-bond donors (Lipinski definition) is 2. The first-order valence-electron chi connectivity index (χ1n) is 6.34. The van der Waals surface area contributed by atoms with Crippen LogP contribution >= 0.6 is 0 Å². The van der Waals surface area contributed by atoms with E-state index in [0.29, 0.717) is 11.6 Å². The molecule has 18 heavy (non-hydrogen) atoms. The Labute approximate surface area is 107 Å². The van der Waals surface area contributed by atoms with Crippen LogP contribution in [0, 0.1) is 5.92 Å². The van der Waals surface area contributed by atoms with E-state index in [-0.39, 0.29) is 5.97 Å². The van der Waals surface area contributed by atoms with Crippen molar-refractivity contribution in [2.75, 3.05) is 26.9 Å². The first-order chi connectivity index (χ1) is 8.79. The maximum Gasteiger partial charge on any atom is 0.354 e. The molecule has 1 atom stereocenters. The Hall–Kier alpha value is -1.33. The Morgan fingerprint density at radius 2 is 2.50 bits per heavy atom. The number of ether oxygens (including phenoxy) is 2. The molecule has 1 aromatic rings. The van der Waals surface area contributed by atoms with E-state index in [1.807, 2.05) is 6.07 Å². The molecule has 0 amide bonds. The summed E-state index contributed by atoms with van der Waals surface area (Å²) in [5.74, 6) is 0.274. The molecule has 1 aliphatic rings. The lowest BCUT2D eigenvalue weighted by Gasteiger charge is -2.22. The van der Waals surface area contributed by atoms with Gasteiger partial charge in [-0.25, -0.2) is 4.79 Å². The van der Waals surface area contributed by atoms with Crippen LogP contribution in [0.25, 0.3) is 0 Å². The lowest BCUT2D eigenvalue weighted by atomic mass is 10.0. The van der Waals surface area contributed by atoms with Crippen molar-refractivity contribution in [1.82, 2.24) is 10.3 Å². The Morgan fingerprint density at radius 3 is 3.22 bits per heavy atom. The zero-order chi connectivity index (χ0) is 12.8. The molecule has 2 rings (SSSR count). The van der Waals surface area contributed by atoms with Crippen molar-refractivity contribution < 1.29 is 14.3 Å². The van der Waals surface area contributed by atoms with Gasteiger partial charge in [-0.1, -0.05) is 0 Å². The lowest BCUT2D eigenvalue weighted by molar-refractivity contribution is 0.0547. The molecule has 100 valence electrons. The maximum absolute atomic E-state index is 11.3. The molecule has 2 N–H and O–H groups in total. The molecule has 0 bridgehead atoms. The molecule has 1 saturated heterocycles. The van der Waals surface area contributed by atoms with Crippen LogP contribution in [-0.4, -0.2) is 37.8 Å². The zero-order valence-corrected chi connectivity index (χ0v) is 10.7. The van der Waals surface area contributed by atoms with Gasteiger partial charge in [0.1, 0.15) is 5.69 Å². The standard InChI is InChI=1S/C13H20N2O3/c1-17-13(16)12-5-4-11(15-12)8-14-7-10-3-2-6-18-9-10/h4-5,10,14-15H,2-3,6-9H2,1H3. The van der Waals surface area contributed by atoms with Gasteiger partial charge >= 0.3 is 5.97 Å². The zero-order valence-electron chi connectivity index (χ0n) is 10.7. The number of carbonyl (C=O) groups excluding carboxylic acids is 1. The van der Waals surface area contributed by atoms with Crippen molar-refractivity contribution in [3.63, 3.8) is 0 Å². The normalized spacial score (nSPS) is 19.7. The first kappa shape index (κ1) is 13.1. The Morgan fingerprint density at radius 1 is 1.61 bits per heavy atom. The minimum Gasteiger partial charge on any atom is -0.464 e. The minimum atomic E-state index is -0.332. The topological polar surface area (TPSA) is 63.4 Å². The van der Waals surface area contributed by atoms with Crippen LogP contribution in [0.3, 0.4) is 0 Å². The molecule has 1 fully saturated rings. The molecule has 5 heteroatoms. The summed E-state index contributed by atoms with van der Waals surface area (Å²) >= 11 is 0. The Kier molecular flexibility index (Phi) is 4.78. The Bertz CT molecular complexity index is 383. The predicted octanol–water partition coefficient (Wildman–Crippen LogP) is 1.32. The molecule has 5 nitrogen and oxygen atoms in total. The molecular weight excluding hydrogens is 232 g/mol. The summed E-state index contributed by atoms with van der Waals surface area (Å²) in [4.78, 5) is 14.3. The third-order valence-corrected chi connectivity index (χ3v) is 3.15. The smallest absolute Gasteiger partial charge is 0.354 e. The average Bonchev–Trinajstić information content (AvgIpc) is 2.88. The van der Waals surface area contributed by atoms with Crippen molar-refractivity contribution in [3.05, 3.63) is 23.5 Å². The number of rotatable bonds is 5. The van der Waals surface area contributed by atoms with Crippen molar-refractivity contribution in [2.45, 2.75) is 19.4 Å². The molecule has 2 heterocycles. The van der Waals surface area contributed by atoms with Crippen molar-refractivity contribution in [3.8, 4) is 0 Å². The van der Waals surface area contributed by atoms with Gasteiger partial charge in [-0.15, -0.1) is 0 Å². The molecule has 1 aliphatic heterocycles. The van der Waals surface area contributed by atoms with E-state index in [9.17, 15) is 4.79 Å². The fourth-order valence-corrected chi connectivity index (χ4v) is 2.15. The highest BCUT2D eigenvalue weighted by Crippen LogP contribution is 2.12. The average molecular weight is 252 g/mol. The number of nitrogens with one attached hydrogen (secondary N) is 2. The first-order valence-corrected chi connectivity index (χ1v) is 6.34. The van der Waals surface area contributed by atoms with E-state index in [2.05, 4.69) is 15.0 Å². The number of esters is 1. The maximum atomic E-state index is 11.3. The number of aromatic nitrogens is 1. The quantitative estimate of drug-likeness (QED) is 0.776. The van der Waals surface area contributed by atoms with Crippen molar-refractivity contribution in [1.29, 1.82) is 0 Å². The van der Waals surface area contributed by atoms with Crippen LogP contribution in [0.1, 0.15) is 29.0 Å². The summed E-state index contributed by atoms with van der Waals surface area (Å²) in [7, 11) is 1.38. The third-order valence-electron chi connectivity index (χ3n) is 3.15. The molecule has 0 spiro atoms. The van der Waals surface area contributed by atoms with E-state index in [1.54, 1.807) is 6.07 Å². The van der Waals surface area contributed by atoms with Gasteiger partial charge in [0.2, 0.25) is 0 Å². The van der Waals surface area contributed by atoms with Gasteiger partial charge < -0.3 is 19.8 Å². The molecule has 1 unspecified atom stereocenters. The van der Waals surface area contributed by atoms with E-state index >= 15 is 0 Å². The summed E-state index contributed by atoms with van der Waals surface area (Å²) in [6, 6.07) is 3.64. The number of methoxy groups -OCH3 is 1. The molecular formula is C13H20N2O3. The van der Waals surface area contributed by atoms with Crippen LogP contribution in [0.5, 0.6) is 0 Å². The fourth-order valence-electron chi connectivity index (χ4n) is 2.15. The molecule has 0 aromatic carbocycles. The highest BCUT2D eigenvalue weighted by Gasteiger charge is 2.13. The van der Waals surface area contributed by atoms with Crippen molar-refractivity contribution >= 4 is 5.97 Å². The van der Waals surface area contributed by atoms with Gasteiger partial charge in [0.25, 0.3) is 0 Å². The van der Waals surface area contributed by atoms with E-state index in [0.717, 1.165) is 38.4 Å². The lowest BCUT2D eigenvalue weighted by Crippen LogP contribution is -2.28. The van der Waals surface area contributed by atoms with Gasteiger partial charge in [0.05, 0.1) is 13.7 Å².